The van der Waals surface area contributed by atoms with E-state index in [0.29, 0.717) is 0 Å². The van der Waals surface area contributed by atoms with E-state index in [1.807, 2.05) is 13.0 Å². The molecule has 1 rings (SSSR count). The van der Waals surface area contributed by atoms with Crippen LogP contribution in [0.2, 0.25) is 10.0 Å². The molecule has 0 saturated carbocycles. The Hall–Kier alpha value is -0.200. The van der Waals surface area contributed by atoms with Crippen LogP contribution in [0.25, 0.3) is 0 Å². The molecule has 78 valence electrons. The second-order valence-corrected chi connectivity index (χ2v) is 4.34. The van der Waals surface area contributed by atoms with Crippen molar-refractivity contribution < 1.29 is 0 Å². The van der Waals surface area contributed by atoms with Crippen molar-refractivity contribution in [2.45, 2.75) is 40.0 Å². The second kappa shape index (κ2) is 5.04. The summed E-state index contributed by atoms with van der Waals surface area (Å²) < 4.78 is 0. The first kappa shape index (κ1) is 11.9. The Labute approximate surface area is 96.2 Å². The first-order chi connectivity index (χ1) is 6.61. The molecule has 0 aliphatic heterocycles. The highest BCUT2D eigenvalue weighted by molar-refractivity contribution is 6.34. The van der Waals surface area contributed by atoms with E-state index in [2.05, 4.69) is 13.8 Å². The van der Waals surface area contributed by atoms with Crippen LogP contribution >= 0.6 is 23.2 Å². The summed E-state index contributed by atoms with van der Waals surface area (Å²) in [4.78, 5) is 0. The van der Waals surface area contributed by atoms with Crippen molar-refractivity contribution in [2.75, 3.05) is 0 Å². The molecule has 0 bridgehead atoms. The standard InChI is InChI=1S/C12H16Cl2/c1-4-6-10-9(5-2)11(13)7-8(3)12(10)14/h7H,4-6H2,1-3H3. The average Bonchev–Trinajstić information content (AvgIpc) is 2.14. The Kier molecular flexibility index (Phi) is 4.28. The molecule has 0 saturated heterocycles. The summed E-state index contributed by atoms with van der Waals surface area (Å²) in [6.45, 7) is 6.28. The molecule has 1 aromatic carbocycles. The zero-order valence-electron chi connectivity index (χ0n) is 8.95. The van der Waals surface area contributed by atoms with E-state index < -0.39 is 0 Å². The molecule has 0 aliphatic rings. The molecule has 0 heterocycles. The minimum absolute atomic E-state index is 0.859. The fourth-order valence-electron chi connectivity index (χ4n) is 1.75. The normalized spacial score (nSPS) is 10.6. The van der Waals surface area contributed by atoms with Gasteiger partial charge in [0.2, 0.25) is 0 Å². The lowest BCUT2D eigenvalue weighted by Crippen LogP contribution is -1.97. The second-order valence-electron chi connectivity index (χ2n) is 3.55. The van der Waals surface area contributed by atoms with Gasteiger partial charge >= 0.3 is 0 Å². The number of rotatable bonds is 3. The van der Waals surface area contributed by atoms with Crippen LogP contribution in [0, 0.1) is 6.92 Å². The van der Waals surface area contributed by atoms with Crippen LogP contribution in [0.15, 0.2) is 6.07 Å². The first-order valence-corrected chi connectivity index (χ1v) is 5.83. The molecule has 0 atom stereocenters. The Bertz CT molecular complexity index is 330. The van der Waals surface area contributed by atoms with Gasteiger partial charge in [-0.2, -0.15) is 0 Å². The lowest BCUT2D eigenvalue weighted by atomic mass is 9.98. The van der Waals surface area contributed by atoms with Gasteiger partial charge in [0.25, 0.3) is 0 Å². The molecule has 2 heteroatoms. The third-order valence-corrected chi connectivity index (χ3v) is 3.32. The van der Waals surface area contributed by atoms with Crippen LogP contribution in [0.4, 0.5) is 0 Å². The van der Waals surface area contributed by atoms with E-state index in [-0.39, 0.29) is 0 Å². The van der Waals surface area contributed by atoms with Gasteiger partial charge in [-0.1, -0.05) is 43.5 Å². The Morgan fingerprint density at radius 3 is 2.29 bits per heavy atom. The molecule has 0 fully saturated rings. The molecule has 0 amide bonds. The highest BCUT2D eigenvalue weighted by Crippen LogP contribution is 2.31. The van der Waals surface area contributed by atoms with Crippen molar-refractivity contribution in [2.24, 2.45) is 0 Å². The quantitative estimate of drug-likeness (QED) is 0.699. The summed E-state index contributed by atoms with van der Waals surface area (Å²) in [6.07, 6.45) is 3.07. The van der Waals surface area contributed by atoms with Crippen LogP contribution in [0.5, 0.6) is 0 Å². The van der Waals surface area contributed by atoms with Crippen LogP contribution in [-0.2, 0) is 12.8 Å². The fourth-order valence-corrected chi connectivity index (χ4v) is 2.42. The van der Waals surface area contributed by atoms with Crippen LogP contribution in [-0.4, -0.2) is 0 Å². The minimum Gasteiger partial charge on any atom is -0.0840 e. The number of halogens is 2. The van der Waals surface area contributed by atoms with Gasteiger partial charge in [-0.25, -0.2) is 0 Å². The Morgan fingerprint density at radius 1 is 1.14 bits per heavy atom. The van der Waals surface area contributed by atoms with Gasteiger partial charge in [0.05, 0.1) is 0 Å². The van der Waals surface area contributed by atoms with Crippen molar-refractivity contribution in [1.82, 2.24) is 0 Å². The molecule has 14 heavy (non-hydrogen) atoms. The zero-order valence-corrected chi connectivity index (χ0v) is 10.5. The van der Waals surface area contributed by atoms with Gasteiger partial charge in [0, 0.05) is 10.0 Å². The van der Waals surface area contributed by atoms with Crippen LogP contribution in [0.3, 0.4) is 0 Å². The largest absolute Gasteiger partial charge is 0.0840 e. The Balaban J connectivity index is 3.32. The molecule has 0 aromatic heterocycles. The van der Waals surface area contributed by atoms with E-state index >= 15 is 0 Å². The highest BCUT2D eigenvalue weighted by Gasteiger charge is 2.11. The van der Waals surface area contributed by atoms with Crippen molar-refractivity contribution in [1.29, 1.82) is 0 Å². The Morgan fingerprint density at radius 2 is 1.79 bits per heavy atom. The fraction of sp³-hybridized carbons (Fsp3) is 0.500. The molecule has 0 aliphatic carbocycles. The number of benzene rings is 1. The predicted molar refractivity (Wildman–Crippen MR) is 64.6 cm³/mol. The van der Waals surface area contributed by atoms with Crippen LogP contribution < -0.4 is 0 Å². The van der Waals surface area contributed by atoms with Gasteiger partial charge in [0.1, 0.15) is 0 Å². The van der Waals surface area contributed by atoms with E-state index in [0.717, 1.165) is 34.9 Å². The average molecular weight is 231 g/mol. The molecule has 1 aromatic rings. The van der Waals surface area contributed by atoms with E-state index in [1.54, 1.807) is 0 Å². The molecular weight excluding hydrogens is 215 g/mol. The summed E-state index contributed by atoms with van der Waals surface area (Å²) in [6, 6.07) is 1.96. The summed E-state index contributed by atoms with van der Waals surface area (Å²) in [5.41, 5.74) is 3.53. The molecule has 0 N–H and O–H groups in total. The van der Waals surface area contributed by atoms with Crippen molar-refractivity contribution in [3.8, 4) is 0 Å². The lowest BCUT2D eigenvalue weighted by Gasteiger charge is -2.13. The molecule has 0 unspecified atom stereocenters. The third kappa shape index (κ3) is 2.24. The van der Waals surface area contributed by atoms with Crippen molar-refractivity contribution in [3.63, 3.8) is 0 Å². The van der Waals surface area contributed by atoms with Gasteiger partial charge in [0.15, 0.2) is 0 Å². The monoisotopic (exact) mass is 230 g/mol. The summed E-state index contributed by atoms with van der Waals surface area (Å²) in [5.74, 6) is 0. The van der Waals surface area contributed by atoms with Gasteiger partial charge in [-0.3, -0.25) is 0 Å². The maximum absolute atomic E-state index is 6.27. The lowest BCUT2D eigenvalue weighted by molar-refractivity contribution is 0.897. The van der Waals surface area contributed by atoms with Gasteiger partial charge in [-0.15, -0.1) is 0 Å². The molecule has 0 nitrogen and oxygen atoms in total. The number of hydrogen-bond donors (Lipinski definition) is 0. The third-order valence-electron chi connectivity index (χ3n) is 2.46. The van der Waals surface area contributed by atoms with E-state index in [9.17, 15) is 0 Å². The maximum Gasteiger partial charge on any atom is 0.0470 e. The first-order valence-electron chi connectivity index (χ1n) is 5.08. The predicted octanol–water partition coefficient (Wildman–Crippen LogP) is 4.82. The molecular formula is C12H16Cl2. The minimum atomic E-state index is 0.859. The van der Waals surface area contributed by atoms with Gasteiger partial charge in [-0.05, 0) is 42.5 Å². The zero-order chi connectivity index (χ0) is 10.7. The summed E-state index contributed by atoms with van der Waals surface area (Å²) in [5, 5.41) is 1.76. The maximum atomic E-state index is 6.27. The van der Waals surface area contributed by atoms with E-state index in [4.69, 9.17) is 23.2 Å². The van der Waals surface area contributed by atoms with E-state index in [1.165, 1.54) is 11.1 Å². The van der Waals surface area contributed by atoms with Crippen LogP contribution in [0.1, 0.15) is 37.0 Å². The van der Waals surface area contributed by atoms with Crippen molar-refractivity contribution >= 4 is 23.2 Å². The smallest absolute Gasteiger partial charge is 0.0470 e. The van der Waals surface area contributed by atoms with Crippen molar-refractivity contribution in [3.05, 3.63) is 32.8 Å². The summed E-state index contributed by atoms with van der Waals surface area (Å²) >= 11 is 12.5. The number of aryl methyl sites for hydroxylation is 1. The summed E-state index contributed by atoms with van der Waals surface area (Å²) in [7, 11) is 0. The topological polar surface area (TPSA) is 0 Å². The number of hydrogen-bond acceptors (Lipinski definition) is 0. The van der Waals surface area contributed by atoms with Gasteiger partial charge < -0.3 is 0 Å². The molecule has 0 spiro atoms. The SMILES string of the molecule is CCCc1c(Cl)c(C)cc(Cl)c1CC. The highest BCUT2D eigenvalue weighted by atomic mass is 35.5. The molecule has 0 radical (unpaired) electrons.